The van der Waals surface area contributed by atoms with Gasteiger partial charge in [0.05, 0.1) is 12.5 Å². The highest BCUT2D eigenvalue weighted by Gasteiger charge is 2.26. The number of ether oxygens (including phenoxy) is 1. The first-order chi connectivity index (χ1) is 12.6. The zero-order chi connectivity index (χ0) is 18.9. The van der Waals surface area contributed by atoms with Crippen molar-refractivity contribution in [2.75, 3.05) is 6.61 Å². The smallest absolute Gasteiger partial charge is 0.245 e. The van der Waals surface area contributed by atoms with Gasteiger partial charge in [-0.15, -0.1) is 0 Å². The molecule has 0 aliphatic heterocycles. The Labute approximate surface area is 153 Å². The molecule has 4 nitrogen and oxygen atoms in total. The summed E-state index contributed by atoms with van der Waals surface area (Å²) in [6.07, 6.45) is 1.95. The minimum atomic E-state index is -0.516. The zero-order valence-corrected chi connectivity index (χ0v) is 14.8. The number of hydroxylamine groups is 1. The summed E-state index contributed by atoms with van der Waals surface area (Å²) in [5, 5.41) is 8.87. The molecule has 0 saturated heterocycles. The molecule has 0 fully saturated rings. The van der Waals surface area contributed by atoms with E-state index in [0.717, 1.165) is 16.7 Å². The highest BCUT2D eigenvalue weighted by atomic mass is 19.1. The van der Waals surface area contributed by atoms with Gasteiger partial charge in [0.15, 0.2) is 0 Å². The number of carbonyl (C=O) groups excluding carboxylic acids is 1. The lowest BCUT2D eigenvalue weighted by molar-refractivity contribution is -0.132. The minimum Gasteiger partial charge on any atom is -0.377 e. The number of amides is 1. The van der Waals surface area contributed by atoms with E-state index >= 15 is 0 Å². The molecule has 0 aliphatic rings. The van der Waals surface area contributed by atoms with Gasteiger partial charge in [0.1, 0.15) is 5.82 Å². The van der Waals surface area contributed by atoms with Gasteiger partial charge in [-0.25, -0.2) is 9.87 Å². The average Bonchev–Trinajstić information content (AvgIpc) is 2.67. The fraction of sp³-hybridized carbons (Fsp3) is 0.286. The molecule has 138 valence electrons. The minimum absolute atomic E-state index is 0.0110. The van der Waals surface area contributed by atoms with Crippen LogP contribution >= 0.6 is 0 Å². The maximum Gasteiger partial charge on any atom is 0.245 e. The van der Waals surface area contributed by atoms with Crippen LogP contribution < -0.4 is 5.48 Å². The van der Waals surface area contributed by atoms with Gasteiger partial charge in [0.2, 0.25) is 5.91 Å². The number of halogens is 1. The summed E-state index contributed by atoms with van der Waals surface area (Å²) in [4.78, 5) is 11.7. The summed E-state index contributed by atoms with van der Waals surface area (Å²) >= 11 is 0. The summed E-state index contributed by atoms with van der Waals surface area (Å²) in [5.41, 5.74) is 4.63. The molecule has 5 heteroatoms. The van der Waals surface area contributed by atoms with Crippen molar-refractivity contribution < 1.29 is 19.1 Å². The van der Waals surface area contributed by atoms with E-state index in [1.165, 1.54) is 12.1 Å². The van der Waals surface area contributed by atoms with Gasteiger partial charge in [0, 0.05) is 12.5 Å². The molecule has 0 aromatic heterocycles. The number of rotatable bonds is 9. The van der Waals surface area contributed by atoms with Crippen molar-refractivity contribution in [3.05, 3.63) is 77.6 Å². The molecule has 2 aromatic carbocycles. The number of carbonyl (C=O) groups is 1. The molecule has 0 heterocycles. The Kier molecular flexibility index (Phi) is 7.51. The summed E-state index contributed by atoms with van der Waals surface area (Å²) < 4.78 is 19.1. The Balaban J connectivity index is 2.33. The van der Waals surface area contributed by atoms with Crippen LogP contribution in [0.2, 0.25) is 0 Å². The zero-order valence-electron chi connectivity index (χ0n) is 14.8. The van der Waals surface area contributed by atoms with Crippen LogP contribution in [0.25, 0.3) is 6.08 Å². The van der Waals surface area contributed by atoms with Crippen LogP contribution in [0.4, 0.5) is 4.39 Å². The van der Waals surface area contributed by atoms with Gasteiger partial charge < -0.3 is 4.74 Å². The number of hydrogen-bond donors (Lipinski definition) is 2. The van der Waals surface area contributed by atoms with Gasteiger partial charge in [-0.1, -0.05) is 49.1 Å². The van der Waals surface area contributed by atoms with Crippen LogP contribution in [0.1, 0.15) is 36.0 Å². The lowest BCUT2D eigenvalue weighted by Crippen LogP contribution is -2.31. The second-order valence-corrected chi connectivity index (χ2v) is 6.04. The van der Waals surface area contributed by atoms with E-state index in [4.69, 9.17) is 9.94 Å². The average molecular weight is 357 g/mol. The van der Waals surface area contributed by atoms with Crippen molar-refractivity contribution >= 4 is 12.0 Å². The fourth-order valence-corrected chi connectivity index (χ4v) is 2.98. The molecule has 26 heavy (non-hydrogen) atoms. The number of nitrogens with one attached hydrogen (secondary N) is 1. The van der Waals surface area contributed by atoms with Crippen LogP contribution in [0, 0.1) is 5.82 Å². The molecular weight excluding hydrogens is 333 g/mol. The molecule has 0 saturated carbocycles. The van der Waals surface area contributed by atoms with Crippen molar-refractivity contribution in [2.45, 2.75) is 31.8 Å². The Bertz CT molecular complexity index is 713. The van der Waals surface area contributed by atoms with E-state index in [9.17, 15) is 9.18 Å². The van der Waals surface area contributed by atoms with Crippen LogP contribution in [0.5, 0.6) is 0 Å². The molecule has 2 rings (SSSR count). The van der Waals surface area contributed by atoms with Crippen molar-refractivity contribution in [3.8, 4) is 0 Å². The lowest BCUT2D eigenvalue weighted by atomic mass is 9.85. The maximum absolute atomic E-state index is 13.3. The van der Waals surface area contributed by atoms with Crippen molar-refractivity contribution in [1.82, 2.24) is 5.48 Å². The second-order valence-electron chi connectivity index (χ2n) is 6.04. The van der Waals surface area contributed by atoms with Gasteiger partial charge in [0.25, 0.3) is 0 Å². The summed E-state index contributed by atoms with van der Waals surface area (Å²) in [5.74, 6) is -0.996. The van der Waals surface area contributed by atoms with E-state index in [1.807, 2.05) is 31.2 Å². The van der Waals surface area contributed by atoms with Crippen LogP contribution in [-0.2, 0) is 16.0 Å². The monoisotopic (exact) mass is 357 g/mol. The first kappa shape index (κ1) is 19.8. The molecule has 0 bridgehead atoms. The third-order valence-corrected chi connectivity index (χ3v) is 4.31. The molecule has 0 aliphatic carbocycles. The summed E-state index contributed by atoms with van der Waals surface area (Å²) in [7, 11) is 0. The third-order valence-electron chi connectivity index (χ3n) is 4.31. The molecule has 0 radical (unpaired) electrons. The van der Waals surface area contributed by atoms with E-state index in [-0.39, 0.29) is 18.2 Å². The van der Waals surface area contributed by atoms with Crippen LogP contribution in [-0.4, -0.2) is 23.8 Å². The van der Waals surface area contributed by atoms with Gasteiger partial charge in [-0.05, 0) is 42.2 Å². The highest BCUT2D eigenvalue weighted by molar-refractivity contribution is 5.75. The molecule has 2 atom stereocenters. The van der Waals surface area contributed by atoms with Gasteiger partial charge >= 0.3 is 0 Å². The van der Waals surface area contributed by atoms with E-state index in [2.05, 4.69) is 6.58 Å². The predicted octanol–water partition coefficient (Wildman–Crippen LogP) is 4.10. The van der Waals surface area contributed by atoms with Crippen molar-refractivity contribution in [1.29, 1.82) is 0 Å². The quantitative estimate of drug-likeness (QED) is 0.525. The Morgan fingerprint density at radius 1 is 1.23 bits per heavy atom. The first-order valence-corrected chi connectivity index (χ1v) is 8.58. The Hall–Kier alpha value is -2.50. The van der Waals surface area contributed by atoms with E-state index in [1.54, 1.807) is 23.7 Å². The lowest BCUT2D eigenvalue weighted by Gasteiger charge is -2.27. The standard InChI is InChI=1S/C21H24FNO3/c1-3-15-5-7-16(8-6-15)13-19(17-9-11-18(22)12-10-17)20(26-4-2)14-21(24)23-25/h3,5-12,19-20,25H,1,4,13-14H2,2H3,(H,23,24)/t19-,20-/m1/s1. The topological polar surface area (TPSA) is 58.6 Å². The summed E-state index contributed by atoms with van der Waals surface area (Å²) in [6.45, 7) is 6.03. The van der Waals surface area contributed by atoms with Gasteiger partial charge in [-0.2, -0.15) is 0 Å². The number of hydrogen-bond acceptors (Lipinski definition) is 3. The Morgan fingerprint density at radius 2 is 1.88 bits per heavy atom. The number of benzene rings is 2. The van der Waals surface area contributed by atoms with Gasteiger partial charge in [-0.3, -0.25) is 10.0 Å². The summed E-state index contributed by atoms with van der Waals surface area (Å²) in [6, 6.07) is 14.2. The van der Waals surface area contributed by atoms with Crippen molar-refractivity contribution in [3.63, 3.8) is 0 Å². The second kappa shape index (κ2) is 9.85. The third kappa shape index (κ3) is 5.51. The molecule has 2 aromatic rings. The Morgan fingerprint density at radius 3 is 2.42 bits per heavy atom. The fourth-order valence-electron chi connectivity index (χ4n) is 2.98. The van der Waals surface area contributed by atoms with Crippen molar-refractivity contribution in [2.24, 2.45) is 0 Å². The largest absolute Gasteiger partial charge is 0.377 e. The van der Waals surface area contributed by atoms with E-state index < -0.39 is 12.0 Å². The SMILES string of the molecule is C=Cc1ccc(C[C@H](c2ccc(F)cc2)[C@@H](CC(=O)NO)OCC)cc1. The molecule has 1 amide bonds. The molecule has 0 unspecified atom stereocenters. The first-order valence-electron chi connectivity index (χ1n) is 8.58. The molecular formula is C21H24FNO3. The van der Waals surface area contributed by atoms with Crippen LogP contribution in [0.15, 0.2) is 55.1 Å². The molecule has 2 N–H and O–H groups in total. The normalized spacial score (nSPS) is 13.0. The highest BCUT2D eigenvalue weighted by Crippen LogP contribution is 2.29. The predicted molar refractivity (Wildman–Crippen MR) is 99.3 cm³/mol. The maximum atomic E-state index is 13.3. The molecule has 0 spiro atoms. The van der Waals surface area contributed by atoms with Crippen LogP contribution in [0.3, 0.4) is 0 Å². The van der Waals surface area contributed by atoms with E-state index in [0.29, 0.717) is 13.0 Å².